The van der Waals surface area contributed by atoms with Crippen LogP contribution in [0.1, 0.15) is 6.42 Å². The molecule has 1 aliphatic rings. The van der Waals surface area contributed by atoms with Crippen molar-refractivity contribution in [2.24, 2.45) is 0 Å². The van der Waals surface area contributed by atoms with E-state index in [0.717, 1.165) is 26.2 Å². The summed E-state index contributed by atoms with van der Waals surface area (Å²) in [6, 6.07) is 0.484. The quantitative estimate of drug-likeness (QED) is 0.486. The highest BCUT2D eigenvalue weighted by molar-refractivity contribution is 5.81. The van der Waals surface area contributed by atoms with Gasteiger partial charge in [0.2, 0.25) is 0 Å². The van der Waals surface area contributed by atoms with Crippen molar-refractivity contribution in [1.29, 1.82) is 0 Å². The fourth-order valence-corrected chi connectivity index (χ4v) is 1.40. The predicted octanol–water partition coefficient (Wildman–Crippen LogP) is 0.436. The molecule has 0 amide bonds. The number of rotatable bonds is 4. The summed E-state index contributed by atoms with van der Waals surface area (Å²) >= 11 is 0. The number of carbonyl (C=O) groups excluding carboxylic acids is 1. The highest BCUT2D eigenvalue weighted by Crippen LogP contribution is 2.09. The Morgan fingerprint density at radius 2 is 2.50 bits per heavy atom. The Morgan fingerprint density at radius 3 is 3.07 bits per heavy atom. The Labute approximate surface area is 84.5 Å². The zero-order valence-corrected chi connectivity index (χ0v) is 8.73. The first kappa shape index (κ1) is 11.2. The molecule has 14 heavy (non-hydrogen) atoms. The van der Waals surface area contributed by atoms with Gasteiger partial charge in [-0.3, -0.25) is 4.90 Å². The van der Waals surface area contributed by atoms with Gasteiger partial charge >= 0.3 is 5.97 Å². The van der Waals surface area contributed by atoms with E-state index >= 15 is 0 Å². The third kappa shape index (κ3) is 3.47. The predicted molar refractivity (Wildman–Crippen MR) is 53.0 cm³/mol. The first-order valence-electron chi connectivity index (χ1n) is 4.76. The summed E-state index contributed by atoms with van der Waals surface area (Å²) in [5.74, 6) is -0.305. The van der Waals surface area contributed by atoms with Crippen molar-refractivity contribution >= 4 is 5.97 Å². The molecule has 0 spiro atoms. The minimum atomic E-state index is -0.305. The summed E-state index contributed by atoms with van der Waals surface area (Å²) < 4.78 is 9.76. The molecule has 1 heterocycles. The molecule has 1 rings (SSSR count). The number of methoxy groups -OCH3 is 1. The van der Waals surface area contributed by atoms with Gasteiger partial charge in [-0.05, 0) is 13.5 Å². The molecule has 1 aliphatic heterocycles. The van der Waals surface area contributed by atoms with E-state index in [9.17, 15) is 4.79 Å². The van der Waals surface area contributed by atoms with Crippen LogP contribution in [0.3, 0.4) is 0 Å². The lowest BCUT2D eigenvalue weighted by molar-refractivity contribution is -0.134. The molecule has 0 aromatic rings. The molecular formula is C10H17NO3. The van der Waals surface area contributed by atoms with E-state index in [1.54, 1.807) is 0 Å². The van der Waals surface area contributed by atoms with Gasteiger partial charge in [-0.1, -0.05) is 6.08 Å². The van der Waals surface area contributed by atoms with Gasteiger partial charge in [0.15, 0.2) is 0 Å². The van der Waals surface area contributed by atoms with Crippen LogP contribution in [-0.2, 0) is 14.3 Å². The zero-order valence-electron chi connectivity index (χ0n) is 8.73. The van der Waals surface area contributed by atoms with E-state index in [1.807, 2.05) is 13.1 Å². The third-order valence-corrected chi connectivity index (χ3v) is 2.38. The van der Waals surface area contributed by atoms with Gasteiger partial charge in [0.25, 0.3) is 0 Å². The molecule has 0 radical (unpaired) electrons. The van der Waals surface area contributed by atoms with Gasteiger partial charge in [0.05, 0.1) is 13.7 Å². The van der Waals surface area contributed by atoms with Crippen molar-refractivity contribution in [3.05, 3.63) is 12.2 Å². The topological polar surface area (TPSA) is 38.8 Å². The van der Waals surface area contributed by atoms with Crippen LogP contribution in [0.15, 0.2) is 12.2 Å². The van der Waals surface area contributed by atoms with Crippen molar-refractivity contribution in [2.45, 2.75) is 12.5 Å². The maximum absolute atomic E-state index is 10.8. The summed E-state index contributed by atoms with van der Waals surface area (Å²) in [5.41, 5.74) is 0. The molecular weight excluding hydrogens is 182 g/mol. The van der Waals surface area contributed by atoms with Crippen LogP contribution < -0.4 is 0 Å². The second-order valence-electron chi connectivity index (χ2n) is 3.38. The monoisotopic (exact) mass is 199 g/mol. The summed E-state index contributed by atoms with van der Waals surface area (Å²) in [7, 11) is 3.40. The minimum absolute atomic E-state index is 0.305. The second kappa shape index (κ2) is 5.78. The summed E-state index contributed by atoms with van der Waals surface area (Å²) in [6.07, 6.45) is 4.33. The Hall–Kier alpha value is -0.870. The SMILES string of the molecule is COC(=O)C=CCN(C)C1CCOC1. The van der Waals surface area contributed by atoms with Gasteiger partial charge in [-0.2, -0.15) is 0 Å². The van der Waals surface area contributed by atoms with Crippen LogP contribution in [0, 0.1) is 0 Å². The number of nitrogens with zero attached hydrogens (tertiary/aromatic N) is 1. The van der Waals surface area contributed by atoms with Crippen LogP contribution in [-0.4, -0.2) is 50.8 Å². The molecule has 0 aromatic heterocycles. The van der Waals surface area contributed by atoms with E-state index in [-0.39, 0.29) is 5.97 Å². The molecule has 0 saturated carbocycles. The van der Waals surface area contributed by atoms with Crippen molar-refractivity contribution in [3.8, 4) is 0 Å². The van der Waals surface area contributed by atoms with Crippen molar-refractivity contribution in [1.82, 2.24) is 4.90 Å². The lowest BCUT2D eigenvalue weighted by Crippen LogP contribution is -2.32. The van der Waals surface area contributed by atoms with Gasteiger partial charge in [-0.25, -0.2) is 4.79 Å². The van der Waals surface area contributed by atoms with Crippen LogP contribution in [0.25, 0.3) is 0 Å². The maximum atomic E-state index is 10.8. The van der Waals surface area contributed by atoms with Crippen molar-refractivity contribution in [2.75, 3.05) is 33.9 Å². The highest BCUT2D eigenvalue weighted by Gasteiger charge is 2.18. The molecule has 0 aliphatic carbocycles. The van der Waals surface area contributed by atoms with E-state index < -0.39 is 0 Å². The molecule has 0 aromatic carbocycles. The molecule has 0 N–H and O–H groups in total. The lowest BCUT2D eigenvalue weighted by Gasteiger charge is -2.20. The highest BCUT2D eigenvalue weighted by atomic mass is 16.5. The molecule has 4 nitrogen and oxygen atoms in total. The smallest absolute Gasteiger partial charge is 0.330 e. The molecule has 1 atom stereocenters. The van der Waals surface area contributed by atoms with Gasteiger partial charge in [-0.15, -0.1) is 0 Å². The fraction of sp³-hybridized carbons (Fsp3) is 0.700. The lowest BCUT2D eigenvalue weighted by atomic mass is 10.2. The molecule has 1 fully saturated rings. The van der Waals surface area contributed by atoms with Gasteiger partial charge < -0.3 is 9.47 Å². The minimum Gasteiger partial charge on any atom is -0.466 e. The third-order valence-electron chi connectivity index (χ3n) is 2.38. The average molecular weight is 199 g/mol. The maximum Gasteiger partial charge on any atom is 0.330 e. The van der Waals surface area contributed by atoms with Crippen LogP contribution >= 0.6 is 0 Å². The van der Waals surface area contributed by atoms with Crippen LogP contribution in [0.2, 0.25) is 0 Å². The van der Waals surface area contributed by atoms with Crippen molar-refractivity contribution < 1.29 is 14.3 Å². The van der Waals surface area contributed by atoms with Crippen LogP contribution in [0.4, 0.5) is 0 Å². The molecule has 1 saturated heterocycles. The standard InChI is InChI=1S/C10H17NO3/c1-11(9-5-7-14-8-9)6-3-4-10(12)13-2/h3-4,9H,5-8H2,1-2H3. The first-order chi connectivity index (χ1) is 6.74. The number of hydrogen-bond acceptors (Lipinski definition) is 4. The summed E-state index contributed by atoms with van der Waals surface area (Å²) in [6.45, 7) is 2.39. The Bertz CT molecular complexity index is 209. The normalized spacial score (nSPS) is 22.1. The Morgan fingerprint density at radius 1 is 1.71 bits per heavy atom. The number of likely N-dealkylation sites (N-methyl/N-ethyl adjacent to an activating group) is 1. The molecule has 0 bridgehead atoms. The van der Waals surface area contributed by atoms with E-state index in [1.165, 1.54) is 13.2 Å². The Kier molecular flexibility index (Phi) is 4.62. The largest absolute Gasteiger partial charge is 0.466 e. The van der Waals surface area contributed by atoms with Crippen molar-refractivity contribution in [3.63, 3.8) is 0 Å². The van der Waals surface area contributed by atoms with E-state index in [4.69, 9.17) is 4.74 Å². The zero-order chi connectivity index (χ0) is 10.4. The molecule has 1 unspecified atom stereocenters. The van der Waals surface area contributed by atoms with Gasteiger partial charge in [0, 0.05) is 25.3 Å². The first-order valence-corrected chi connectivity index (χ1v) is 4.76. The number of carbonyl (C=O) groups is 1. The fourth-order valence-electron chi connectivity index (χ4n) is 1.40. The molecule has 80 valence electrons. The second-order valence-corrected chi connectivity index (χ2v) is 3.38. The van der Waals surface area contributed by atoms with Gasteiger partial charge in [0.1, 0.15) is 0 Å². The van der Waals surface area contributed by atoms with E-state index in [2.05, 4.69) is 9.64 Å². The number of ether oxygens (including phenoxy) is 2. The number of hydrogen-bond donors (Lipinski definition) is 0. The summed E-state index contributed by atoms with van der Waals surface area (Å²) in [5, 5.41) is 0. The number of esters is 1. The van der Waals surface area contributed by atoms with Crippen LogP contribution in [0.5, 0.6) is 0 Å². The average Bonchev–Trinajstić information content (AvgIpc) is 2.70. The summed E-state index contributed by atoms with van der Waals surface area (Å²) in [4.78, 5) is 12.9. The van der Waals surface area contributed by atoms with E-state index in [0.29, 0.717) is 6.04 Å². The Balaban J connectivity index is 2.22. The molecule has 4 heteroatoms.